The molecule has 0 saturated heterocycles. The van der Waals surface area contributed by atoms with Crippen LogP contribution in [-0.2, 0) is 31.7 Å². The van der Waals surface area contributed by atoms with E-state index in [-0.39, 0.29) is 0 Å². The molecule has 0 amide bonds. The third-order valence-corrected chi connectivity index (χ3v) is 8.31. The molecule has 2 N–H and O–H groups in total. The van der Waals surface area contributed by atoms with E-state index in [2.05, 4.69) is 41.3 Å². The Hall–Kier alpha value is -4.80. The summed E-state index contributed by atoms with van der Waals surface area (Å²) in [4.78, 5) is 2.17. The first kappa shape index (κ1) is 31.6. The number of hydrogen-bond acceptors (Lipinski definition) is 5. The fourth-order valence-electron chi connectivity index (χ4n) is 4.75. The van der Waals surface area contributed by atoms with E-state index in [4.69, 9.17) is 9.11 Å². The molecule has 0 aliphatic heterocycles. The lowest BCUT2D eigenvalue weighted by atomic mass is 10.1. The van der Waals surface area contributed by atoms with E-state index in [9.17, 15) is 16.8 Å². The normalized spacial score (nSPS) is 12.1. The monoisotopic (exact) mass is 637 g/mol. The van der Waals surface area contributed by atoms with Crippen LogP contribution in [0.5, 0.6) is 0 Å². The van der Waals surface area contributed by atoms with Gasteiger partial charge < -0.3 is 4.90 Å². The number of anilines is 3. The largest absolute Gasteiger partial charge is 0.311 e. The Morgan fingerprint density at radius 1 is 0.422 bits per heavy atom. The summed E-state index contributed by atoms with van der Waals surface area (Å²) in [5, 5.41) is 0. The van der Waals surface area contributed by atoms with Crippen LogP contribution in [0.3, 0.4) is 0 Å². The van der Waals surface area contributed by atoms with Gasteiger partial charge >= 0.3 is 0 Å². The van der Waals surface area contributed by atoms with E-state index in [0.717, 1.165) is 39.3 Å². The molecule has 5 aromatic carbocycles. The highest BCUT2D eigenvalue weighted by molar-refractivity contribution is 7.85. The summed E-state index contributed by atoms with van der Waals surface area (Å²) in [5.74, 6) is -0.817. The standard InChI is InChI=1S/C36H31NO6S2/c38-44(39,40)26-32-14-10-28(11-15-32)6-8-30-18-22-35(23-19-30)37(34-4-2-1-3-5-34)36-24-20-31(21-25-36)9-7-29-12-16-33(17-13-29)27-45(41,42)43/h1-25H,26-27H2,(H,38,39,40)(H,41,42,43)/b8-6+,9-7+. The van der Waals surface area contributed by atoms with Crippen LogP contribution in [0.4, 0.5) is 17.1 Å². The van der Waals surface area contributed by atoms with Crippen molar-refractivity contribution in [3.63, 3.8) is 0 Å². The van der Waals surface area contributed by atoms with Gasteiger partial charge in [0.05, 0.1) is 0 Å². The Morgan fingerprint density at radius 2 is 0.711 bits per heavy atom. The molecule has 0 aromatic heterocycles. The molecule has 228 valence electrons. The fraction of sp³-hybridized carbons (Fsp3) is 0.0556. The molecule has 0 aliphatic carbocycles. The number of para-hydroxylation sites is 1. The number of nitrogens with zero attached hydrogens (tertiary/aromatic N) is 1. The first-order chi connectivity index (χ1) is 21.5. The summed E-state index contributed by atoms with van der Waals surface area (Å²) in [6, 6.07) is 40.4. The molecule has 0 aliphatic rings. The van der Waals surface area contributed by atoms with Gasteiger partial charge in [-0.15, -0.1) is 0 Å². The van der Waals surface area contributed by atoms with Gasteiger partial charge in [0.25, 0.3) is 20.2 Å². The zero-order chi connectivity index (χ0) is 31.9. The second-order valence-electron chi connectivity index (χ2n) is 10.5. The SMILES string of the molecule is O=S(=O)(O)Cc1ccc(/C=C/c2ccc(N(c3ccccc3)c3ccc(/C=C/c4ccc(CS(=O)(=O)O)cc4)cc3)cc2)cc1. The average molecular weight is 638 g/mol. The van der Waals surface area contributed by atoms with E-state index in [0.29, 0.717) is 11.1 Å². The summed E-state index contributed by atoms with van der Waals surface area (Å²) >= 11 is 0. The Balaban J connectivity index is 1.31. The lowest BCUT2D eigenvalue weighted by Gasteiger charge is -2.25. The van der Waals surface area contributed by atoms with Gasteiger partial charge in [0, 0.05) is 17.1 Å². The highest BCUT2D eigenvalue weighted by Crippen LogP contribution is 2.34. The van der Waals surface area contributed by atoms with Crippen molar-refractivity contribution in [1.29, 1.82) is 0 Å². The molecule has 0 atom stereocenters. The van der Waals surface area contributed by atoms with Crippen molar-refractivity contribution < 1.29 is 25.9 Å². The molecular weight excluding hydrogens is 607 g/mol. The van der Waals surface area contributed by atoms with E-state index >= 15 is 0 Å². The maximum atomic E-state index is 11.1. The van der Waals surface area contributed by atoms with Gasteiger partial charge in [0.15, 0.2) is 0 Å². The van der Waals surface area contributed by atoms with Gasteiger partial charge in [-0.3, -0.25) is 9.11 Å². The van der Waals surface area contributed by atoms with Crippen molar-refractivity contribution >= 4 is 61.6 Å². The maximum absolute atomic E-state index is 11.1. The summed E-state index contributed by atoms with van der Waals surface area (Å²) in [6.45, 7) is 0. The molecule has 0 spiro atoms. The summed E-state index contributed by atoms with van der Waals surface area (Å²) in [5.41, 5.74) is 7.85. The predicted molar refractivity (Wildman–Crippen MR) is 182 cm³/mol. The second-order valence-corrected chi connectivity index (χ2v) is 13.4. The van der Waals surface area contributed by atoms with Crippen molar-refractivity contribution in [2.45, 2.75) is 11.5 Å². The van der Waals surface area contributed by atoms with E-state index in [1.165, 1.54) is 0 Å². The minimum Gasteiger partial charge on any atom is -0.311 e. The topological polar surface area (TPSA) is 112 Å². The van der Waals surface area contributed by atoms with E-state index in [1.54, 1.807) is 24.3 Å². The van der Waals surface area contributed by atoms with Gasteiger partial charge in [-0.2, -0.15) is 16.8 Å². The second kappa shape index (κ2) is 13.9. The van der Waals surface area contributed by atoms with Gasteiger partial charge in [-0.1, -0.05) is 115 Å². The Morgan fingerprint density at radius 3 is 1.02 bits per heavy atom. The smallest absolute Gasteiger partial charge is 0.269 e. The molecule has 0 heterocycles. The molecule has 0 saturated carbocycles. The highest BCUT2D eigenvalue weighted by atomic mass is 32.2. The molecule has 45 heavy (non-hydrogen) atoms. The van der Waals surface area contributed by atoms with Gasteiger partial charge in [0.2, 0.25) is 0 Å². The molecule has 0 radical (unpaired) electrons. The first-order valence-corrected chi connectivity index (χ1v) is 17.2. The lowest BCUT2D eigenvalue weighted by molar-refractivity contribution is 0.479. The van der Waals surface area contributed by atoms with Gasteiger partial charge in [-0.05, 0) is 69.8 Å². The fourth-order valence-corrected chi connectivity index (χ4v) is 5.98. The quantitative estimate of drug-likeness (QED) is 0.111. The third kappa shape index (κ3) is 9.59. The van der Waals surface area contributed by atoms with Crippen LogP contribution in [-0.4, -0.2) is 25.9 Å². The Labute approximate surface area is 263 Å². The average Bonchev–Trinajstić information content (AvgIpc) is 3.01. The van der Waals surface area contributed by atoms with Gasteiger partial charge in [-0.25, -0.2) is 0 Å². The molecule has 0 fully saturated rings. The number of benzene rings is 5. The Bertz CT molecular complexity index is 1870. The van der Waals surface area contributed by atoms with Gasteiger partial charge in [0.1, 0.15) is 11.5 Å². The lowest BCUT2D eigenvalue weighted by Crippen LogP contribution is -2.09. The maximum Gasteiger partial charge on any atom is 0.269 e. The third-order valence-electron chi connectivity index (χ3n) is 6.91. The molecule has 9 heteroatoms. The number of rotatable bonds is 11. The minimum atomic E-state index is -4.06. The zero-order valence-corrected chi connectivity index (χ0v) is 25.8. The van der Waals surface area contributed by atoms with Crippen molar-refractivity contribution in [3.8, 4) is 0 Å². The van der Waals surface area contributed by atoms with Crippen LogP contribution in [0.2, 0.25) is 0 Å². The predicted octanol–water partition coefficient (Wildman–Crippen LogP) is 8.27. The van der Waals surface area contributed by atoms with Crippen molar-refractivity contribution in [1.82, 2.24) is 0 Å². The van der Waals surface area contributed by atoms with E-state index in [1.807, 2.05) is 91.0 Å². The molecule has 7 nitrogen and oxygen atoms in total. The minimum absolute atomic E-state index is 0.409. The molecule has 0 bridgehead atoms. The van der Waals surface area contributed by atoms with Crippen LogP contribution >= 0.6 is 0 Å². The number of hydrogen-bond donors (Lipinski definition) is 2. The van der Waals surface area contributed by atoms with Crippen molar-refractivity contribution in [3.05, 3.63) is 161 Å². The molecule has 5 aromatic rings. The summed E-state index contributed by atoms with van der Waals surface area (Å²) < 4.78 is 62.5. The van der Waals surface area contributed by atoms with Crippen molar-refractivity contribution in [2.75, 3.05) is 4.90 Å². The zero-order valence-electron chi connectivity index (χ0n) is 24.1. The molecule has 0 unspecified atom stereocenters. The first-order valence-electron chi connectivity index (χ1n) is 14.0. The summed E-state index contributed by atoms with van der Waals surface area (Å²) in [7, 11) is -8.13. The Kier molecular flexibility index (Phi) is 9.75. The van der Waals surface area contributed by atoms with Crippen LogP contribution in [0.1, 0.15) is 33.4 Å². The molecular formula is C36H31NO6S2. The van der Waals surface area contributed by atoms with Crippen LogP contribution in [0.15, 0.2) is 127 Å². The van der Waals surface area contributed by atoms with E-state index < -0.39 is 31.7 Å². The highest BCUT2D eigenvalue weighted by Gasteiger charge is 2.12. The van der Waals surface area contributed by atoms with Crippen LogP contribution in [0, 0.1) is 0 Å². The van der Waals surface area contributed by atoms with Crippen LogP contribution < -0.4 is 4.90 Å². The van der Waals surface area contributed by atoms with Crippen molar-refractivity contribution in [2.24, 2.45) is 0 Å². The van der Waals surface area contributed by atoms with Crippen LogP contribution in [0.25, 0.3) is 24.3 Å². The molecule has 5 rings (SSSR count). The summed E-state index contributed by atoms with van der Waals surface area (Å²) in [6.07, 6.45) is 7.86.